The van der Waals surface area contributed by atoms with E-state index >= 15 is 0 Å². The number of ether oxygens (including phenoxy) is 1. The summed E-state index contributed by atoms with van der Waals surface area (Å²) in [6.45, 7) is 2.56. The Labute approximate surface area is 152 Å². The summed E-state index contributed by atoms with van der Waals surface area (Å²) < 4.78 is 7.28. The van der Waals surface area contributed by atoms with Crippen molar-refractivity contribution in [1.82, 2.24) is 5.32 Å². The Kier molecular flexibility index (Phi) is 5.39. The molecule has 5 nitrogen and oxygen atoms in total. The zero-order chi connectivity index (χ0) is 17.6. The average Bonchev–Trinajstić information content (AvgIpc) is 2.96. The zero-order valence-electron chi connectivity index (χ0n) is 13.7. The van der Waals surface area contributed by atoms with Gasteiger partial charge in [0.1, 0.15) is 0 Å². The van der Waals surface area contributed by atoms with Crippen molar-refractivity contribution in [3.05, 3.63) is 59.3 Å². The van der Waals surface area contributed by atoms with E-state index in [0.717, 1.165) is 17.7 Å². The molecular formula is C19H16N3O2Se. The number of rotatable bonds is 4. The molecular weight excluding hydrogens is 381 g/mol. The van der Waals surface area contributed by atoms with E-state index in [2.05, 4.69) is 16.4 Å². The summed E-state index contributed by atoms with van der Waals surface area (Å²) in [6, 6.07) is 9.67. The molecule has 1 N–H and O–H groups in total. The van der Waals surface area contributed by atoms with Gasteiger partial charge >= 0.3 is 152 Å². The number of carbonyl (C=O) groups is 1. The van der Waals surface area contributed by atoms with E-state index in [9.17, 15) is 4.79 Å². The van der Waals surface area contributed by atoms with E-state index in [-0.39, 0.29) is 20.4 Å². The number of carbonyl (C=O) groups excluding carboxylic acids is 1. The molecule has 125 valence electrons. The number of hydrogen-bond donors (Lipinski definition) is 1. The molecule has 2 aliphatic rings. The molecule has 0 fully saturated rings. The van der Waals surface area contributed by atoms with Crippen LogP contribution in [-0.4, -0.2) is 36.2 Å². The molecule has 25 heavy (non-hydrogen) atoms. The topological polar surface area (TPSA) is 74.5 Å². The summed E-state index contributed by atoms with van der Waals surface area (Å²) in [7, 11) is 0. The first-order valence-electron chi connectivity index (χ1n) is 7.84. The molecule has 0 spiro atoms. The van der Waals surface area contributed by atoms with Crippen molar-refractivity contribution < 1.29 is 9.53 Å². The molecule has 0 bridgehead atoms. The summed E-state index contributed by atoms with van der Waals surface area (Å²) in [6.07, 6.45) is 8.14. The summed E-state index contributed by atoms with van der Waals surface area (Å²) in [5.74, 6) is 0.623. The van der Waals surface area contributed by atoms with Crippen molar-refractivity contribution in [2.75, 3.05) is 6.61 Å². The van der Waals surface area contributed by atoms with E-state index in [4.69, 9.17) is 10.00 Å². The predicted octanol–water partition coefficient (Wildman–Crippen LogP) is 2.20. The van der Waals surface area contributed by atoms with Gasteiger partial charge in [-0.3, -0.25) is 0 Å². The van der Waals surface area contributed by atoms with Gasteiger partial charge in [0.25, 0.3) is 0 Å². The Hall–Kier alpha value is -2.74. The second kappa shape index (κ2) is 7.89. The molecule has 1 heterocycles. The van der Waals surface area contributed by atoms with Crippen LogP contribution in [0.25, 0.3) is 6.08 Å². The molecule has 0 aromatic heterocycles. The van der Waals surface area contributed by atoms with Crippen LogP contribution in [-0.2, 0) is 4.79 Å². The fourth-order valence-electron chi connectivity index (χ4n) is 2.29. The van der Waals surface area contributed by atoms with Gasteiger partial charge in [0, 0.05) is 0 Å². The van der Waals surface area contributed by atoms with Gasteiger partial charge in [-0.05, 0) is 0 Å². The Balaban J connectivity index is 1.75. The number of hydrogen-bond acceptors (Lipinski definition) is 4. The third-order valence-corrected chi connectivity index (χ3v) is 5.50. The number of amidine groups is 1. The molecule has 0 saturated carbocycles. The van der Waals surface area contributed by atoms with Crippen molar-refractivity contribution in [3.63, 3.8) is 0 Å². The Bertz CT molecular complexity index is 884. The van der Waals surface area contributed by atoms with Crippen LogP contribution in [0.4, 0.5) is 0 Å². The van der Waals surface area contributed by atoms with Crippen LogP contribution in [0.1, 0.15) is 18.9 Å². The van der Waals surface area contributed by atoms with E-state index in [1.165, 1.54) is 4.42 Å². The first-order valence-corrected chi connectivity index (χ1v) is 9.56. The predicted molar refractivity (Wildman–Crippen MR) is 99.4 cm³/mol. The third-order valence-electron chi connectivity index (χ3n) is 3.50. The SMILES string of the molecule is CCOc1ccc(C=C2N=C([Se]=C3C=CC(C#N)=CC3)NC2=O)cc1. The van der Waals surface area contributed by atoms with Crippen molar-refractivity contribution in [2.45, 2.75) is 13.3 Å². The minimum absolute atomic E-state index is 0.0575. The summed E-state index contributed by atoms with van der Waals surface area (Å²) in [4.78, 5) is 16.5. The fourth-order valence-corrected chi connectivity index (χ4v) is 4.05. The standard InChI is InChI=1S/C19H16N3O2Se/c1-2-24-15-7-3-13(4-8-15)11-17-18(23)22-19(21-17)25-16-9-5-14(12-20)6-10-16/h3-9,11H,2,10H2,1H3,(H,21,22,23). The van der Waals surface area contributed by atoms with Crippen molar-refractivity contribution >= 4 is 35.7 Å². The number of nitrogens with one attached hydrogen (secondary N) is 1. The number of aliphatic imine (C=N–C) groups is 1. The van der Waals surface area contributed by atoms with Crippen LogP contribution in [0.2, 0.25) is 0 Å². The van der Waals surface area contributed by atoms with Gasteiger partial charge < -0.3 is 0 Å². The fraction of sp³-hybridized carbons (Fsp3) is 0.158. The van der Waals surface area contributed by atoms with Crippen molar-refractivity contribution in [1.29, 1.82) is 5.26 Å². The van der Waals surface area contributed by atoms with Crippen LogP contribution in [0.3, 0.4) is 0 Å². The molecule has 0 saturated heterocycles. The molecule has 6 heteroatoms. The van der Waals surface area contributed by atoms with Crippen LogP contribution in [0.5, 0.6) is 5.75 Å². The van der Waals surface area contributed by atoms with Gasteiger partial charge in [-0.2, -0.15) is 0 Å². The third kappa shape index (κ3) is 4.42. The molecule has 1 aromatic carbocycles. The molecule has 1 radical (unpaired) electrons. The van der Waals surface area contributed by atoms with Gasteiger partial charge in [-0.1, -0.05) is 0 Å². The van der Waals surface area contributed by atoms with Crippen LogP contribution in [0.15, 0.2) is 58.8 Å². The second-order valence-corrected chi connectivity index (χ2v) is 7.62. The summed E-state index contributed by atoms with van der Waals surface area (Å²) in [5.41, 5.74) is 1.99. The second-order valence-electron chi connectivity index (χ2n) is 5.28. The number of benzene rings is 1. The van der Waals surface area contributed by atoms with Crippen LogP contribution >= 0.6 is 0 Å². The molecule has 1 aliphatic carbocycles. The molecule has 1 aliphatic heterocycles. The molecule has 0 unspecified atom stereocenters. The molecule has 1 aromatic rings. The summed E-state index contributed by atoms with van der Waals surface area (Å²) >= 11 is -0.0575. The zero-order valence-corrected chi connectivity index (χ0v) is 15.4. The van der Waals surface area contributed by atoms with Gasteiger partial charge in [0.2, 0.25) is 0 Å². The van der Waals surface area contributed by atoms with Crippen molar-refractivity contribution in [2.24, 2.45) is 4.99 Å². The maximum atomic E-state index is 12.1. The monoisotopic (exact) mass is 398 g/mol. The average molecular weight is 397 g/mol. The van der Waals surface area contributed by atoms with Gasteiger partial charge in [0.05, 0.1) is 0 Å². The molecule has 1 amide bonds. The number of nitriles is 1. The Morgan fingerprint density at radius 1 is 1.36 bits per heavy atom. The van der Waals surface area contributed by atoms with Gasteiger partial charge in [-0.15, -0.1) is 0 Å². The molecule has 0 atom stereocenters. The minimum atomic E-state index is -0.181. The number of allylic oxidation sites excluding steroid dienone is 4. The van der Waals surface area contributed by atoms with E-state index < -0.39 is 0 Å². The van der Waals surface area contributed by atoms with Gasteiger partial charge in [-0.25, -0.2) is 0 Å². The van der Waals surface area contributed by atoms with Crippen LogP contribution in [0, 0.1) is 11.3 Å². The van der Waals surface area contributed by atoms with Crippen LogP contribution < -0.4 is 10.1 Å². The first kappa shape index (κ1) is 17.1. The quantitative estimate of drug-likeness (QED) is 0.625. The van der Waals surface area contributed by atoms with E-state index in [0.29, 0.717) is 22.6 Å². The Morgan fingerprint density at radius 2 is 2.16 bits per heavy atom. The van der Waals surface area contributed by atoms with E-state index in [1.54, 1.807) is 12.2 Å². The normalized spacial score (nSPS) is 19.4. The summed E-state index contributed by atoms with van der Waals surface area (Å²) in [5, 5.41) is 11.7. The maximum absolute atomic E-state index is 12.1. The van der Waals surface area contributed by atoms with Gasteiger partial charge in [0.15, 0.2) is 0 Å². The number of nitrogens with zero attached hydrogens (tertiary/aromatic N) is 2. The molecule has 3 rings (SSSR count). The first-order chi connectivity index (χ1) is 12.2. The van der Waals surface area contributed by atoms with Crippen molar-refractivity contribution in [3.8, 4) is 11.8 Å². The number of amides is 1. The van der Waals surface area contributed by atoms with E-state index in [1.807, 2.05) is 43.3 Å². The Morgan fingerprint density at radius 3 is 2.80 bits per heavy atom.